The molecule has 0 aliphatic heterocycles. The molecule has 0 fully saturated rings. The molecule has 0 aliphatic carbocycles. The zero-order valence-electron chi connectivity index (χ0n) is 12.0. The molecule has 5 nitrogen and oxygen atoms in total. The molecule has 0 N–H and O–H groups in total. The molecule has 1 aromatic heterocycles. The Morgan fingerprint density at radius 1 is 1.40 bits per heavy atom. The monoisotopic (exact) mass is 270 g/mol. The van der Waals surface area contributed by atoms with Crippen molar-refractivity contribution < 1.29 is 4.74 Å². The number of likely N-dealkylation sites (N-methyl/N-ethyl adjacent to an activating group) is 1. The average Bonchev–Trinajstić information content (AvgIpc) is 2.80. The number of aryl methyl sites for hydroxylation is 1. The summed E-state index contributed by atoms with van der Waals surface area (Å²) in [6.45, 7) is 1.50. The van der Waals surface area contributed by atoms with Gasteiger partial charge in [-0.25, -0.2) is 0 Å². The van der Waals surface area contributed by atoms with E-state index >= 15 is 0 Å². The summed E-state index contributed by atoms with van der Waals surface area (Å²) < 4.78 is 7.35. The number of aromatic nitrogens is 2. The van der Waals surface area contributed by atoms with Gasteiger partial charge in [0, 0.05) is 25.4 Å². The van der Waals surface area contributed by atoms with Crippen LogP contribution < -0.4 is 4.74 Å². The molecular formula is C15H18N4O. The van der Waals surface area contributed by atoms with Gasteiger partial charge in [-0.1, -0.05) is 12.1 Å². The first kappa shape index (κ1) is 14.1. The highest BCUT2D eigenvalue weighted by molar-refractivity contribution is 5.69. The quantitative estimate of drug-likeness (QED) is 0.832. The van der Waals surface area contributed by atoms with E-state index in [1.54, 1.807) is 4.68 Å². The Balaban J connectivity index is 2.19. The van der Waals surface area contributed by atoms with E-state index in [2.05, 4.69) is 16.1 Å². The first-order valence-corrected chi connectivity index (χ1v) is 6.42. The summed E-state index contributed by atoms with van der Waals surface area (Å²) >= 11 is 0. The molecule has 0 spiro atoms. The van der Waals surface area contributed by atoms with Gasteiger partial charge in [-0.2, -0.15) is 10.4 Å². The number of ether oxygens (including phenoxy) is 1. The van der Waals surface area contributed by atoms with Gasteiger partial charge in [0.15, 0.2) is 5.69 Å². The molecule has 0 bridgehead atoms. The van der Waals surface area contributed by atoms with Crippen molar-refractivity contribution in [3.63, 3.8) is 0 Å². The van der Waals surface area contributed by atoms with Crippen molar-refractivity contribution in [2.24, 2.45) is 7.05 Å². The van der Waals surface area contributed by atoms with Crippen LogP contribution in [-0.4, -0.2) is 41.9 Å². The van der Waals surface area contributed by atoms with E-state index in [0.717, 1.165) is 23.4 Å². The molecule has 0 saturated heterocycles. The third-order valence-corrected chi connectivity index (χ3v) is 2.89. The van der Waals surface area contributed by atoms with E-state index in [1.165, 1.54) is 0 Å². The van der Waals surface area contributed by atoms with E-state index < -0.39 is 0 Å². The minimum absolute atomic E-state index is 0.429. The van der Waals surface area contributed by atoms with E-state index in [4.69, 9.17) is 10.00 Å². The summed E-state index contributed by atoms with van der Waals surface area (Å²) in [6.07, 6.45) is 1.84. The Labute approximate surface area is 119 Å². The maximum Gasteiger partial charge on any atom is 0.170 e. The van der Waals surface area contributed by atoms with Crippen LogP contribution in [0.5, 0.6) is 5.75 Å². The van der Waals surface area contributed by atoms with Gasteiger partial charge >= 0.3 is 0 Å². The second-order valence-electron chi connectivity index (χ2n) is 4.86. The Morgan fingerprint density at radius 2 is 2.20 bits per heavy atom. The van der Waals surface area contributed by atoms with E-state index in [-0.39, 0.29) is 0 Å². The van der Waals surface area contributed by atoms with Gasteiger partial charge in [-0.3, -0.25) is 4.68 Å². The number of rotatable bonds is 5. The molecule has 5 heteroatoms. The van der Waals surface area contributed by atoms with Crippen LogP contribution in [0.4, 0.5) is 0 Å². The van der Waals surface area contributed by atoms with Gasteiger partial charge in [-0.15, -0.1) is 0 Å². The van der Waals surface area contributed by atoms with Gasteiger partial charge in [0.05, 0.1) is 0 Å². The third kappa shape index (κ3) is 3.37. The van der Waals surface area contributed by atoms with Gasteiger partial charge in [0.1, 0.15) is 18.4 Å². The molecular weight excluding hydrogens is 252 g/mol. The average molecular weight is 270 g/mol. The fraction of sp³-hybridized carbons (Fsp3) is 0.333. The summed E-state index contributed by atoms with van der Waals surface area (Å²) in [5.74, 6) is 0.803. The lowest BCUT2D eigenvalue weighted by atomic mass is 10.1. The largest absolute Gasteiger partial charge is 0.492 e. The van der Waals surface area contributed by atoms with E-state index in [9.17, 15) is 0 Å². The molecule has 2 rings (SSSR count). The zero-order valence-corrected chi connectivity index (χ0v) is 12.0. The van der Waals surface area contributed by atoms with Crippen LogP contribution >= 0.6 is 0 Å². The van der Waals surface area contributed by atoms with Crippen LogP contribution in [0.1, 0.15) is 5.69 Å². The van der Waals surface area contributed by atoms with E-state index in [0.29, 0.717) is 12.3 Å². The molecule has 20 heavy (non-hydrogen) atoms. The first-order valence-electron chi connectivity index (χ1n) is 6.42. The van der Waals surface area contributed by atoms with Gasteiger partial charge in [0.25, 0.3) is 0 Å². The lowest BCUT2D eigenvalue weighted by molar-refractivity contribution is 0.261. The highest BCUT2D eigenvalue weighted by Crippen LogP contribution is 2.26. The van der Waals surface area contributed by atoms with E-state index in [1.807, 2.05) is 51.6 Å². The predicted molar refractivity (Wildman–Crippen MR) is 77.4 cm³/mol. The zero-order chi connectivity index (χ0) is 14.5. The molecule has 0 amide bonds. The maximum atomic E-state index is 9.10. The third-order valence-electron chi connectivity index (χ3n) is 2.89. The minimum Gasteiger partial charge on any atom is -0.492 e. The van der Waals surface area contributed by atoms with Crippen molar-refractivity contribution in [2.45, 2.75) is 0 Å². The van der Waals surface area contributed by atoms with Crippen molar-refractivity contribution in [1.82, 2.24) is 14.7 Å². The second-order valence-corrected chi connectivity index (χ2v) is 4.86. The summed E-state index contributed by atoms with van der Waals surface area (Å²) in [7, 11) is 5.82. The second kappa shape index (κ2) is 6.22. The molecule has 0 radical (unpaired) electrons. The first-order chi connectivity index (χ1) is 9.60. The van der Waals surface area contributed by atoms with Crippen molar-refractivity contribution in [3.8, 4) is 22.9 Å². The van der Waals surface area contributed by atoms with Crippen LogP contribution in [-0.2, 0) is 7.05 Å². The highest BCUT2D eigenvalue weighted by atomic mass is 16.5. The number of nitriles is 1. The van der Waals surface area contributed by atoms with Gasteiger partial charge in [-0.05, 0) is 31.8 Å². The predicted octanol–water partition coefficient (Wildman–Crippen LogP) is 1.90. The number of nitrogens with zero attached hydrogens (tertiary/aromatic N) is 4. The summed E-state index contributed by atoms with van der Waals surface area (Å²) in [5.41, 5.74) is 2.20. The normalized spacial score (nSPS) is 10.6. The van der Waals surface area contributed by atoms with Crippen LogP contribution in [0.25, 0.3) is 11.1 Å². The van der Waals surface area contributed by atoms with Crippen LogP contribution in [0.3, 0.4) is 0 Å². The van der Waals surface area contributed by atoms with Gasteiger partial charge in [0.2, 0.25) is 0 Å². The number of benzene rings is 1. The number of hydrogen-bond donors (Lipinski definition) is 0. The number of hydrogen-bond acceptors (Lipinski definition) is 4. The fourth-order valence-corrected chi connectivity index (χ4v) is 1.88. The Morgan fingerprint density at radius 3 is 2.90 bits per heavy atom. The summed E-state index contributed by atoms with van der Waals surface area (Å²) in [4.78, 5) is 2.07. The standard InChI is InChI=1S/C15H18N4O/c1-18(2)7-8-20-13-6-4-5-12(9-13)14-11-19(3)17-15(14)10-16/h4-6,9,11H,7-8H2,1-3H3. The van der Waals surface area contributed by atoms with Crippen LogP contribution in [0.2, 0.25) is 0 Å². The highest BCUT2D eigenvalue weighted by Gasteiger charge is 2.10. The Bertz CT molecular complexity index is 625. The molecule has 0 atom stereocenters. The molecule has 1 heterocycles. The molecule has 2 aromatic rings. The molecule has 104 valence electrons. The Kier molecular flexibility index (Phi) is 4.38. The van der Waals surface area contributed by atoms with Crippen molar-refractivity contribution in [2.75, 3.05) is 27.2 Å². The van der Waals surface area contributed by atoms with Gasteiger partial charge < -0.3 is 9.64 Å². The molecule has 0 aliphatic rings. The Hall–Kier alpha value is -2.32. The van der Waals surface area contributed by atoms with Crippen molar-refractivity contribution >= 4 is 0 Å². The topological polar surface area (TPSA) is 54.1 Å². The van der Waals surface area contributed by atoms with Crippen LogP contribution in [0, 0.1) is 11.3 Å². The summed E-state index contributed by atoms with van der Waals surface area (Å²) in [6, 6.07) is 9.85. The minimum atomic E-state index is 0.429. The lowest BCUT2D eigenvalue weighted by Crippen LogP contribution is -2.19. The maximum absolute atomic E-state index is 9.10. The summed E-state index contributed by atoms with van der Waals surface area (Å²) in [5, 5.41) is 13.2. The fourth-order valence-electron chi connectivity index (χ4n) is 1.88. The van der Waals surface area contributed by atoms with Crippen molar-refractivity contribution in [1.29, 1.82) is 5.26 Å². The molecule has 1 aromatic carbocycles. The SMILES string of the molecule is CN(C)CCOc1cccc(-c2cn(C)nc2C#N)c1. The molecule has 0 unspecified atom stereocenters. The smallest absolute Gasteiger partial charge is 0.170 e. The van der Waals surface area contributed by atoms with Crippen molar-refractivity contribution in [3.05, 3.63) is 36.2 Å². The lowest BCUT2D eigenvalue weighted by Gasteiger charge is -2.11. The molecule has 0 saturated carbocycles. The van der Waals surface area contributed by atoms with Crippen LogP contribution in [0.15, 0.2) is 30.5 Å².